The first-order chi connectivity index (χ1) is 9.74. The lowest BCUT2D eigenvalue weighted by Crippen LogP contribution is -2.12. The number of hydrogen-bond acceptors (Lipinski definition) is 2. The average Bonchev–Trinajstić information content (AvgIpc) is 2.53. The van der Waals surface area contributed by atoms with Gasteiger partial charge in [-0.25, -0.2) is 0 Å². The predicted octanol–water partition coefficient (Wildman–Crippen LogP) is 4.07. The highest BCUT2D eigenvalue weighted by Gasteiger charge is 2.08. The fourth-order valence-electron chi connectivity index (χ4n) is 2.09. The Morgan fingerprint density at radius 1 is 0.950 bits per heavy atom. The second kappa shape index (κ2) is 6.90. The van der Waals surface area contributed by atoms with Crippen LogP contribution in [0.5, 0.6) is 5.75 Å². The fourth-order valence-corrected chi connectivity index (χ4v) is 2.09. The molecule has 0 unspecified atom stereocenters. The fraction of sp³-hybridized carbons (Fsp3) is 0.278. The first-order valence-corrected chi connectivity index (χ1v) is 7.07. The number of aryl methyl sites for hydroxylation is 2. The van der Waals surface area contributed by atoms with Crippen molar-refractivity contribution in [3.63, 3.8) is 0 Å². The Hall–Kier alpha value is -2.09. The molecule has 0 saturated heterocycles. The van der Waals surface area contributed by atoms with Gasteiger partial charge in [0.1, 0.15) is 5.75 Å². The van der Waals surface area contributed by atoms with E-state index in [1.54, 1.807) is 0 Å². The van der Waals surface area contributed by atoms with Gasteiger partial charge in [-0.1, -0.05) is 56.3 Å². The van der Waals surface area contributed by atoms with E-state index in [2.05, 4.69) is 13.8 Å². The largest absolute Gasteiger partial charge is 0.485 e. The van der Waals surface area contributed by atoms with Crippen molar-refractivity contribution in [3.05, 3.63) is 65.2 Å². The monoisotopic (exact) mass is 268 g/mol. The van der Waals surface area contributed by atoms with Gasteiger partial charge in [0.15, 0.2) is 12.4 Å². The van der Waals surface area contributed by atoms with Crippen LogP contribution in [0.1, 0.15) is 35.3 Å². The molecule has 2 heteroatoms. The number of rotatable bonds is 6. The molecule has 2 nitrogen and oxygen atoms in total. The van der Waals surface area contributed by atoms with Crippen LogP contribution in [0.3, 0.4) is 0 Å². The summed E-state index contributed by atoms with van der Waals surface area (Å²) in [7, 11) is 0. The standard InChI is InChI=1S/C18H20O2/c1-3-14-9-11-16(12-10-14)17(19)13-20-18-8-6-5-7-15(18)4-2/h5-12H,3-4,13H2,1-2H3. The second-order valence-electron chi connectivity index (χ2n) is 4.72. The molecule has 0 aromatic heterocycles. The van der Waals surface area contributed by atoms with E-state index < -0.39 is 0 Å². The first-order valence-electron chi connectivity index (χ1n) is 7.07. The molecule has 0 spiro atoms. The topological polar surface area (TPSA) is 26.3 Å². The van der Waals surface area contributed by atoms with Crippen molar-refractivity contribution in [2.24, 2.45) is 0 Å². The molecule has 0 radical (unpaired) electrons. The Morgan fingerprint density at radius 2 is 1.65 bits per heavy atom. The van der Waals surface area contributed by atoms with Crippen LogP contribution < -0.4 is 4.74 Å². The van der Waals surface area contributed by atoms with Crippen molar-refractivity contribution in [1.82, 2.24) is 0 Å². The Kier molecular flexibility index (Phi) is 4.94. The van der Waals surface area contributed by atoms with E-state index in [4.69, 9.17) is 4.74 Å². The van der Waals surface area contributed by atoms with Crippen LogP contribution >= 0.6 is 0 Å². The lowest BCUT2D eigenvalue weighted by Gasteiger charge is -2.09. The Bertz CT molecular complexity index is 570. The van der Waals surface area contributed by atoms with Gasteiger partial charge in [-0.15, -0.1) is 0 Å². The highest BCUT2D eigenvalue weighted by Crippen LogP contribution is 2.18. The molecule has 104 valence electrons. The van der Waals surface area contributed by atoms with Gasteiger partial charge in [-0.2, -0.15) is 0 Å². The molecule has 0 heterocycles. The number of benzene rings is 2. The van der Waals surface area contributed by atoms with Crippen molar-refractivity contribution in [2.45, 2.75) is 26.7 Å². The van der Waals surface area contributed by atoms with Crippen molar-refractivity contribution < 1.29 is 9.53 Å². The van der Waals surface area contributed by atoms with Gasteiger partial charge in [0.2, 0.25) is 0 Å². The number of carbonyl (C=O) groups is 1. The highest BCUT2D eigenvalue weighted by molar-refractivity contribution is 5.97. The first kappa shape index (κ1) is 14.3. The van der Waals surface area contributed by atoms with E-state index in [1.807, 2.05) is 48.5 Å². The van der Waals surface area contributed by atoms with E-state index in [1.165, 1.54) is 5.56 Å². The van der Waals surface area contributed by atoms with Gasteiger partial charge in [0.05, 0.1) is 0 Å². The van der Waals surface area contributed by atoms with E-state index in [0.717, 1.165) is 24.2 Å². The molecule has 0 aliphatic rings. The molecular weight excluding hydrogens is 248 g/mol. The summed E-state index contributed by atoms with van der Waals surface area (Å²) >= 11 is 0. The SMILES string of the molecule is CCc1ccc(C(=O)COc2ccccc2CC)cc1. The van der Waals surface area contributed by atoms with Crippen LogP contribution in [0.2, 0.25) is 0 Å². The summed E-state index contributed by atoms with van der Waals surface area (Å²) in [5.41, 5.74) is 3.07. The molecule has 0 saturated carbocycles. The van der Waals surface area contributed by atoms with Crippen molar-refractivity contribution in [1.29, 1.82) is 0 Å². The molecule has 0 N–H and O–H groups in total. The number of hydrogen-bond donors (Lipinski definition) is 0. The van der Waals surface area contributed by atoms with Crippen LogP contribution in [-0.4, -0.2) is 12.4 Å². The normalized spacial score (nSPS) is 10.3. The molecule has 2 aromatic carbocycles. The van der Waals surface area contributed by atoms with Crippen molar-refractivity contribution >= 4 is 5.78 Å². The zero-order valence-corrected chi connectivity index (χ0v) is 12.1. The van der Waals surface area contributed by atoms with Gasteiger partial charge in [-0.05, 0) is 30.0 Å². The maximum absolute atomic E-state index is 12.1. The summed E-state index contributed by atoms with van der Waals surface area (Å²) in [5.74, 6) is 0.812. The maximum atomic E-state index is 12.1. The summed E-state index contributed by atoms with van der Waals surface area (Å²) in [5, 5.41) is 0. The minimum absolute atomic E-state index is 0.0126. The van der Waals surface area contributed by atoms with Gasteiger partial charge < -0.3 is 4.74 Å². The Morgan fingerprint density at radius 3 is 2.30 bits per heavy atom. The smallest absolute Gasteiger partial charge is 0.200 e. The molecule has 0 amide bonds. The van der Waals surface area contributed by atoms with E-state index >= 15 is 0 Å². The zero-order valence-electron chi connectivity index (χ0n) is 12.1. The molecule has 0 fully saturated rings. The van der Waals surface area contributed by atoms with Crippen LogP contribution in [0.25, 0.3) is 0 Å². The van der Waals surface area contributed by atoms with Gasteiger partial charge >= 0.3 is 0 Å². The third-order valence-electron chi connectivity index (χ3n) is 3.40. The zero-order chi connectivity index (χ0) is 14.4. The third kappa shape index (κ3) is 3.47. The van der Waals surface area contributed by atoms with Crippen molar-refractivity contribution in [3.8, 4) is 5.75 Å². The molecule has 0 bridgehead atoms. The number of ether oxygens (including phenoxy) is 1. The van der Waals surface area contributed by atoms with Gasteiger partial charge in [0.25, 0.3) is 0 Å². The minimum Gasteiger partial charge on any atom is -0.485 e. The molecule has 2 aromatic rings. The Labute approximate surface area is 120 Å². The summed E-state index contributed by atoms with van der Waals surface area (Å²) in [4.78, 5) is 12.1. The quantitative estimate of drug-likeness (QED) is 0.738. The van der Waals surface area contributed by atoms with Crippen LogP contribution in [0.15, 0.2) is 48.5 Å². The molecule has 0 aliphatic carbocycles. The lowest BCUT2D eigenvalue weighted by atomic mass is 10.1. The summed E-state index contributed by atoms with van der Waals surface area (Å²) in [6.07, 6.45) is 1.88. The van der Waals surface area contributed by atoms with Crippen LogP contribution in [-0.2, 0) is 12.8 Å². The summed E-state index contributed by atoms with van der Waals surface area (Å²) in [6, 6.07) is 15.6. The lowest BCUT2D eigenvalue weighted by molar-refractivity contribution is 0.0921. The minimum atomic E-state index is 0.0126. The van der Waals surface area contributed by atoms with E-state index in [-0.39, 0.29) is 12.4 Å². The number of carbonyl (C=O) groups excluding carboxylic acids is 1. The molecule has 0 atom stereocenters. The number of Topliss-reactive ketones (excluding diaryl/α,β-unsaturated/α-hetero) is 1. The van der Waals surface area contributed by atoms with Crippen LogP contribution in [0, 0.1) is 0 Å². The third-order valence-corrected chi connectivity index (χ3v) is 3.40. The number of ketones is 1. The van der Waals surface area contributed by atoms with Gasteiger partial charge in [0, 0.05) is 5.56 Å². The Balaban J connectivity index is 2.01. The molecule has 0 aliphatic heterocycles. The highest BCUT2D eigenvalue weighted by atomic mass is 16.5. The van der Waals surface area contributed by atoms with Crippen LogP contribution in [0.4, 0.5) is 0 Å². The predicted molar refractivity (Wildman–Crippen MR) is 81.5 cm³/mol. The average molecular weight is 268 g/mol. The van der Waals surface area contributed by atoms with E-state index in [0.29, 0.717) is 5.56 Å². The second-order valence-corrected chi connectivity index (χ2v) is 4.72. The maximum Gasteiger partial charge on any atom is 0.200 e. The van der Waals surface area contributed by atoms with E-state index in [9.17, 15) is 4.79 Å². The molecular formula is C18H20O2. The number of para-hydroxylation sites is 1. The summed E-state index contributed by atoms with van der Waals surface area (Å²) < 4.78 is 5.65. The molecule has 20 heavy (non-hydrogen) atoms. The van der Waals surface area contributed by atoms with Gasteiger partial charge in [-0.3, -0.25) is 4.79 Å². The summed E-state index contributed by atoms with van der Waals surface area (Å²) in [6.45, 7) is 4.26. The molecule has 2 rings (SSSR count). The van der Waals surface area contributed by atoms with Crippen molar-refractivity contribution in [2.75, 3.05) is 6.61 Å².